The molecule has 77 heavy (non-hydrogen) atoms. The van der Waals surface area contributed by atoms with Crippen LogP contribution in [0.1, 0.15) is 50.9 Å². The van der Waals surface area contributed by atoms with Crippen LogP contribution in [0.25, 0.3) is 112 Å². The third-order valence-corrected chi connectivity index (χ3v) is 14.3. The summed E-state index contributed by atoms with van der Waals surface area (Å²) in [6.45, 7) is 8.95. The molecule has 0 atom stereocenters. The van der Waals surface area contributed by atoms with Crippen molar-refractivity contribution in [2.24, 2.45) is 0 Å². The molecule has 0 spiro atoms. The number of nitrogens with zero attached hydrogens (tertiary/aromatic N) is 5. The van der Waals surface area contributed by atoms with Gasteiger partial charge in [-0.2, -0.15) is 58.7 Å². The molecule has 0 amide bonds. The Hall–Kier alpha value is -8.80. The van der Waals surface area contributed by atoms with E-state index in [4.69, 9.17) is 15.2 Å². The molecule has 9 aromatic carbocycles. The maximum absolute atomic E-state index is 5.11. The summed E-state index contributed by atoms with van der Waals surface area (Å²) in [5.74, 6) is 0.368. The number of rotatable bonds is 13. The van der Waals surface area contributed by atoms with Crippen LogP contribution in [-0.2, 0) is 20.1 Å². The topological polar surface area (TPSA) is 48.5 Å². The Kier molecular flexibility index (Phi) is 14.5. The molecule has 0 aliphatic carbocycles. The fourth-order valence-corrected chi connectivity index (χ4v) is 10.7. The van der Waals surface area contributed by atoms with Gasteiger partial charge in [0.05, 0.1) is 23.8 Å². The number of benzene rings is 9. The van der Waals surface area contributed by atoms with E-state index < -0.39 is 0 Å². The predicted octanol–water partition coefficient (Wildman–Crippen LogP) is 18.1. The Morgan fingerprint density at radius 2 is 0.740 bits per heavy atom. The van der Waals surface area contributed by atoms with Crippen molar-refractivity contribution in [3.63, 3.8) is 0 Å². The Balaban J connectivity index is 0.00000631. The van der Waals surface area contributed by atoms with Crippen LogP contribution >= 0.6 is 0 Å². The number of hydrogen-bond donors (Lipinski definition) is 0. The standard InChI is InChI=1S/C71H54N5.Ir/c1-48(2)70-67(46-73-75(70)59-25-10-6-11-26-59)65-33-18-16-31-63(65)57-42-56(43-58(44-57)64-32-17-19-34-66(64)68-47-74-76(71(68)49(3)4)60-27-12-7-13-28-60)62-30-15-14-29-61(62)55-39-40-69(72-45-55)54-24-20-23-53(41-54)52-37-35-51(36-38-52)50-21-8-5-9-22-50;/h5-23,25,27,29-49H,1-4H3;/q-3;+3. The van der Waals surface area contributed by atoms with Crippen LogP contribution < -0.4 is 0 Å². The van der Waals surface area contributed by atoms with Crippen molar-refractivity contribution < 1.29 is 20.1 Å². The largest absolute Gasteiger partial charge is 3.00 e. The SMILES string of the molecule is CC(C)c1c(-c2ccccc2-c2cc(-c3ccccc3-c3ccc(-c4[c-]ccc(-c5ccc(-c6ccccc6)cc5)c4)nc3)cc(-c3ccccc3-c3cnn(-c4[c-]cccc4)c3C(C)C)c2)cnn1-c1[c-]cccc1.[Ir+3]. The zero-order valence-electron chi connectivity index (χ0n) is 43.3. The summed E-state index contributed by atoms with van der Waals surface area (Å²) in [7, 11) is 0. The van der Waals surface area contributed by atoms with Gasteiger partial charge in [0.1, 0.15) is 0 Å². The molecule has 0 saturated heterocycles. The van der Waals surface area contributed by atoms with E-state index in [9.17, 15) is 0 Å². The molecule has 0 N–H and O–H groups in total. The minimum absolute atomic E-state index is 0. The van der Waals surface area contributed by atoms with Crippen molar-refractivity contribution in [3.8, 4) is 112 Å². The van der Waals surface area contributed by atoms with E-state index in [1.807, 2.05) is 76.5 Å². The molecule has 5 nitrogen and oxygen atoms in total. The van der Waals surface area contributed by atoms with Crippen molar-refractivity contribution in [1.82, 2.24) is 24.5 Å². The fourth-order valence-electron chi connectivity index (χ4n) is 10.7. The summed E-state index contributed by atoms with van der Waals surface area (Å²) < 4.78 is 4.09. The van der Waals surface area contributed by atoms with Crippen LogP contribution in [-0.4, -0.2) is 24.5 Å². The van der Waals surface area contributed by atoms with E-state index in [1.165, 1.54) is 11.1 Å². The van der Waals surface area contributed by atoms with Crippen LogP contribution in [0.4, 0.5) is 0 Å². The molecule has 3 heterocycles. The minimum atomic E-state index is 0. The molecule has 0 fully saturated rings. The van der Waals surface area contributed by atoms with Gasteiger partial charge in [-0.25, -0.2) is 0 Å². The first-order chi connectivity index (χ1) is 37.4. The van der Waals surface area contributed by atoms with Gasteiger partial charge in [-0.05, 0) is 119 Å². The average molecular weight is 1170 g/mol. The second kappa shape index (κ2) is 22.2. The number of aromatic nitrogens is 5. The minimum Gasteiger partial charge on any atom is -0.304 e. The van der Waals surface area contributed by atoms with Crippen LogP contribution in [0.15, 0.2) is 243 Å². The Morgan fingerprint density at radius 3 is 1.19 bits per heavy atom. The molecule has 12 rings (SSSR count). The molecular weight excluding hydrogens is 1120 g/mol. The van der Waals surface area contributed by atoms with Gasteiger partial charge in [-0.15, -0.1) is 47.5 Å². The van der Waals surface area contributed by atoms with Crippen LogP contribution in [0.5, 0.6) is 0 Å². The van der Waals surface area contributed by atoms with E-state index in [0.717, 1.165) is 112 Å². The summed E-state index contributed by atoms with van der Waals surface area (Å²) in [6, 6.07) is 89.5. The van der Waals surface area contributed by atoms with E-state index in [1.54, 1.807) is 0 Å². The molecule has 0 saturated carbocycles. The van der Waals surface area contributed by atoms with Gasteiger partial charge in [0, 0.05) is 17.3 Å². The van der Waals surface area contributed by atoms with E-state index in [-0.39, 0.29) is 31.9 Å². The fraction of sp³-hybridized carbons (Fsp3) is 0.0845. The third kappa shape index (κ3) is 10.1. The Morgan fingerprint density at radius 1 is 0.325 bits per heavy atom. The molecule has 372 valence electrons. The van der Waals surface area contributed by atoms with Crippen molar-refractivity contribution >= 4 is 0 Å². The smallest absolute Gasteiger partial charge is 0.304 e. The molecule has 0 aliphatic heterocycles. The van der Waals surface area contributed by atoms with E-state index >= 15 is 0 Å². The summed E-state index contributed by atoms with van der Waals surface area (Å²) in [4.78, 5) is 5.11. The summed E-state index contributed by atoms with van der Waals surface area (Å²) in [5.41, 5.74) is 23.7. The number of hydrogen-bond acceptors (Lipinski definition) is 3. The van der Waals surface area contributed by atoms with Gasteiger partial charge >= 0.3 is 20.1 Å². The summed E-state index contributed by atoms with van der Waals surface area (Å²) in [5, 5.41) is 10.0. The van der Waals surface area contributed by atoms with Crippen molar-refractivity contribution in [3.05, 3.63) is 273 Å². The van der Waals surface area contributed by atoms with Crippen molar-refractivity contribution in [1.29, 1.82) is 0 Å². The maximum atomic E-state index is 5.11. The average Bonchev–Trinajstić information content (AvgIpc) is 4.15. The zero-order chi connectivity index (χ0) is 51.5. The van der Waals surface area contributed by atoms with Crippen molar-refractivity contribution in [2.75, 3.05) is 0 Å². The first-order valence-corrected chi connectivity index (χ1v) is 26.0. The molecule has 0 radical (unpaired) electrons. The van der Waals surface area contributed by atoms with Crippen LogP contribution in [0.3, 0.4) is 0 Å². The monoisotopic (exact) mass is 1170 g/mol. The van der Waals surface area contributed by atoms with Gasteiger partial charge in [0.25, 0.3) is 0 Å². The van der Waals surface area contributed by atoms with Gasteiger partial charge in [0.2, 0.25) is 0 Å². The number of pyridine rings is 1. The molecule has 12 aromatic rings. The summed E-state index contributed by atoms with van der Waals surface area (Å²) in [6.07, 6.45) is 6.05. The third-order valence-electron chi connectivity index (χ3n) is 14.3. The van der Waals surface area contributed by atoms with E-state index in [2.05, 4.69) is 222 Å². The predicted molar refractivity (Wildman–Crippen MR) is 312 cm³/mol. The van der Waals surface area contributed by atoms with Gasteiger partial charge < -0.3 is 4.98 Å². The molecule has 0 bridgehead atoms. The van der Waals surface area contributed by atoms with Crippen molar-refractivity contribution in [2.45, 2.75) is 39.5 Å². The second-order valence-corrected chi connectivity index (χ2v) is 19.8. The Labute approximate surface area is 465 Å². The quantitative estimate of drug-likeness (QED) is 0.108. The summed E-state index contributed by atoms with van der Waals surface area (Å²) >= 11 is 0. The van der Waals surface area contributed by atoms with E-state index in [0.29, 0.717) is 0 Å². The molecule has 3 aromatic heterocycles. The van der Waals surface area contributed by atoms with Gasteiger partial charge in [-0.3, -0.25) is 9.36 Å². The van der Waals surface area contributed by atoms with Crippen LogP contribution in [0.2, 0.25) is 0 Å². The molecule has 0 unspecified atom stereocenters. The van der Waals surface area contributed by atoms with Crippen LogP contribution in [0, 0.1) is 18.2 Å². The maximum Gasteiger partial charge on any atom is 3.00 e. The second-order valence-electron chi connectivity index (χ2n) is 19.8. The molecular formula is C71H54IrN5. The first-order valence-electron chi connectivity index (χ1n) is 26.0. The van der Waals surface area contributed by atoms with Gasteiger partial charge in [-0.1, -0.05) is 167 Å². The Bertz CT molecular complexity index is 3820. The normalized spacial score (nSPS) is 11.2. The van der Waals surface area contributed by atoms with Gasteiger partial charge in [0.15, 0.2) is 0 Å². The molecule has 6 heteroatoms. The first kappa shape index (κ1) is 50.4. The number of para-hydroxylation sites is 2. The zero-order valence-corrected chi connectivity index (χ0v) is 45.7. The molecule has 0 aliphatic rings.